The number of H-pyrrole nitrogens is 1. The van der Waals surface area contributed by atoms with Gasteiger partial charge in [-0.05, 0) is 26.0 Å². The van der Waals surface area contributed by atoms with E-state index in [1.807, 2.05) is 24.4 Å². The minimum absolute atomic E-state index is 0.456. The zero-order chi connectivity index (χ0) is 15.9. The van der Waals surface area contributed by atoms with Crippen LogP contribution in [0, 0.1) is 0 Å². The standard InChI is InChI=1S/C13H15N3.BF4/c1-11(2)16-10-4-3-5-12(16)6-7-13-14-8-9-15-13;2-1(3,4)5/h3-11H,1-2H3;/q;-1/p+1. The molecule has 8 heteroatoms. The van der Waals surface area contributed by atoms with Crippen molar-refractivity contribution in [2.24, 2.45) is 0 Å². The van der Waals surface area contributed by atoms with Crippen LogP contribution in [0.3, 0.4) is 0 Å². The third-order valence-electron chi connectivity index (χ3n) is 2.41. The summed E-state index contributed by atoms with van der Waals surface area (Å²) in [7, 11) is -6.00. The first-order valence-electron chi connectivity index (χ1n) is 6.32. The number of halogens is 4. The third kappa shape index (κ3) is 7.29. The van der Waals surface area contributed by atoms with Crippen LogP contribution in [0.15, 0.2) is 36.8 Å². The fourth-order valence-corrected chi connectivity index (χ4v) is 1.61. The fraction of sp³-hybridized carbons (Fsp3) is 0.231. The molecule has 0 atom stereocenters. The summed E-state index contributed by atoms with van der Waals surface area (Å²) in [5, 5.41) is 0. The highest BCUT2D eigenvalue weighted by atomic mass is 19.5. The van der Waals surface area contributed by atoms with Gasteiger partial charge in [0.1, 0.15) is 5.82 Å². The topological polar surface area (TPSA) is 32.6 Å². The molecule has 2 aromatic rings. The molecule has 2 aromatic heterocycles. The predicted octanol–water partition coefficient (Wildman–Crippen LogP) is 3.75. The zero-order valence-corrected chi connectivity index (χ0v) is 11.7. The van der Waals surface area contributed by atoms with Gasteiger partial charge in [-0.1, -0.05) is 0 Å². The lowest BCUT2D eigenvalue weighted by molar-refractivity contribution is -0.717. The summed E-state index contributed by atoms with van der Waals surface area (Å²) >= 11 is 0. The first-order valence-corrected chi connectivity index (χ1v) is 6.32. The first kappa shape index (κ1) is 16.9. The van der Waals surface area contributed by atoms with Gasteiger partial charge in [0.2, 0.25) is 5.69 Å². The van der Waals surface area contributed by atoms with Crippen LogP contribution < -0.4 is 4.57 Å². The van der Waals surface area contributed by atoms with E-state index in [-0.39, 0.29) is 0 Å². The lowest BCUT2D eigenvalue weighted by atomic mass is 10.2. The van der Waals surface area contributed by atoms with Crippen LogP contribution in [0.1, 0.15) is 31.4 Å². The highest BCUT2D eigenvalue weighted by molar-refractivity contribution is 6.50. The number of aromatic nitrogens is 3. The Hall–Kier alpha value is -2.12. The Labute approximate surface area is 120 Å². The molecule has 0 amide bonds. The normalized spacial score (nSPS) is 11.6. The maximum Gasteiger partial charge on any atom is 0.673 e. The summed E-state index contributed by atoms with van der Waals surface area (Å²) in [6, 6.07) is 6.64. The Morgan fingerprint density at radius 3 is 2.38 bits per heavy atom. The zero-order valence-electron chi connectivity index (χ0n) is 11.7. The maximum atomic E-state index is 9.75. The SMILES string of the molecule is CC(C)[n+]1ccccc1/C=C/c1ncc[nH]1.F[B-](F)(F)F. The first-order chi connectivity index (χ1) is 9.77. The van der Waals surface area contributed by atoms with Crippen molar-refractivity contribution in [2.45, 2.75) is 19.9 Å². The number of nitrogens with zero attached hydrogens (tertiary/aromatic N) is 2. The molecule has 0 aliphatic carbocycles. The summed E-state index contributed by atoms with van der Waals surface area (Å²) in [5.74, 6) is 0.874. The maximum absolute atomic E-state index is 9.75. The fourth-order valence-electron chi connectivity index (χ4n) is 1.61. The quantitative estimate of drug-likeness (QED) is 0.523. The molecule has 0 saturated heterocycles. The molecule has 0 fully saturated rings. The van der Waals surface area contributed by atoms with E-state index in [1.165, 1.54) is 5.69 Å². The Balaban J connectivity index is 0.000000383. The number of hydrogen-bond donors (Lipinski definition) is 1. The van der Waals surface area contributed by atoms with Gasteiger partial charge in [-0.2, -0.15) is 4.57 Å². The molecule has 21 heavy (non-hydrogen) atoms. The average molecular weight is 301 g/mol. The van der Waals surface area contributed by atoms with E-state index < -0.39 is 7.25 Å². The predicted molar refractivity (Wildman–Crippen MR) is 74.7 cm³/mol. The monoisotopic (exact) mass is 301 g/mol. The van der Waals surface area contributed by atoms with Gasteiger partial charge in [-0.15, -0.1) is 0 Å². The third-order valence-corrected chi connectivity index (χ3v) is 2.41. The molecule has 0 aliphatic rings. The van der Waals surface area contributed by atoms with Crippen LogP contribution in [0.2, 0.25) is 0 Å². The van der Waals surface area contributed by atoms with Crippen LogP contribution in [0.4, 0.5) is 17.3 Å². The Kier molecular flexibility index (Phi) is 6.14. The van der Waals surface area contributed by atoms with E-state index in [4.69, 9.17) is 0 Å². The Morgan fingerprint density at radius 1 is 1.19 bits per heavy atom. The van der Waals surface area contributed by atoms with Crippen molar-refractivity contribution in [3.05, 3.63) is 48.3 Å². The lowest BCUT2D eigenvalue weighted by Gasteiger charge is -2.02. The van der Waals surface area contributed by atoms with Crippen LogP contribution in [-0.2, 0) is 0 Å². The van der Waals surface area contributed by atoms with Gasteiger partial charge in [0.05, 0.1) is 0 Å². The lowest BCUT2D eigenvalue weighted by Crippen LogP contribution is -2.38. The van der Waals surface area contributed by atoms with E-state index in [9.17, 15) is 17.3 Å². The van der Waals surface area contributed by atoms with Gasteiger partial charge in [0.25, 0.3) is 0 Å². The largest absolute Gasteiger partial charge is 0.673 e. The minimum atomic E-state index is -6.00. The second-order valence-electron chi connectivity index (χ2n) is 4.43. The van der Waals surface area contributed by atoms with Crippen molar-refractivity contribution in [1.29, 1.82) is 0 Å². The molecule has 0 radical (unpaired) electrons. The summed E-state index contributed by atoms with van der Waals surface area (Å²) in [6.45, 7) is 4.34. The van der Waals surface area contributed by atoms with Crippen LogP contribution in [-0.4, -0.2) is 17.2 Å². The highest BCUT2D eigenvalue weighted by Crippen LogP contribution is 2.06. The smallest absolute Gasteiger partial charge is 0.418 e. The Bertz CT molecular complexity index is 559. The second kappa shape index (κ2) is 7.61. The van der Waals surface area contributed by atoms with E-state index >= 15 is 0 Å². The molecule has 114 valence electrons. The molecule has 2 rings (SSSR count). The van der Waals surface area contributed by atoms with Crippen molar-refractivity contribution in [3.8, 4) is 0 Å². The van der Waals surface area contributed by atoms with Crippen LogP contribution in [0.25, 0.3) is 12.2 Å². The summed E-state index contributed by atoms with van der Waals surface area (Å²) < 4.78 is 41.2. The molecule has 1 N–H and O–H groups in total. The molecule has 0 aliphatic heterocycles. The number of nitrogens with one attached hydrogen (secondary N) is 1. The minimum Gasteiger partial charge on any atom is -0.418 e. The van der Waals surface area contributed by atoms with Gasteiger partial charge < -0.3 is 22.2 Å². The molecule has 0 spiro atoms. The summed E-state index contributed by atoms with van der Waals surface area (Å²) in [4.78, 5) is 7.20. The van der Waals surface area contributed by atoms with Crippen molar-refractivity contribution in [3.63, 3.8) is 0 Å². The molecule has 0 aromatic carbocycles. The van der Waals surface area contributed by atoms with E-state index in [2.05, 4.69) is 46.7 Å². The molecule has 2 heterocycles. The second-order valence-corrected chi connectivity index (χ2v) is 4.43. The number of rotatable bonds is 3. The molecular formula is C13H16BF4N3. The molecule has 0 unspecified atom stereocenters. The van der Waals surface area contributed by atoms with Gasteiger partial charge in [0.15, 0.2) is 12.2 Å². The van der Waals surface area contributed by atoms with Gasteiger partial charge in [0, 0.05) is 30.6 Å². The number of hydrogen-bond acceptors (Lipinski definition) is 1. The highest BCUT2D eigenvalue weighted by Gasteiger charge is 2.20. The average Bonchev–Trinajstić information content (AvgIpc) is 2.87. The van der Waals surface area contributed by atoms with Gasteiger partial charge in [-0.25, -0.2) is 4.98 Å². The Morgan fingerprint density at radius 2 is 1.86 bits per heavy atom. The number of pyridine rings is 1. The molecule has 0 saturated carbocycles. The van der Waals surface area contributed by atoms with Crippen molar-refractivity contribution >= 4 is 19.4 Å². The van der Waals surface area contributed by atoms with E-state index in [0.29, 0.717) is 6.04 Å². The van der Waals surface area contributed by atoms with Crippen molar-refractivity contribution in [1.82, 2.24) is 9.97 Å². The molecular weight excluding hydrogens is 285 g/mol. The number of imidazole rings is 1. The van der Waals surface area contributed by atoms with Crippen molar-refractivity contribution in [2.75, 3.05) is 0 Å². The number of aromatic amines is 1. The van der Waals surface area contributed by atoms with E-state index in [1.54, 1.807) is 6.20 Å². The van der Waals surface area contributed by atoms with Crippen molar-refractivity contribution < 1.29 is 21.8 Å². The van der Waals surface area contributed by atoms with E-state index in [0.717, 1.165) is 5.82 Å². The molecule has 0 bridgehead atoms. The summed E-state index contributed by atoms with van der Waals surface area (Å²) in [5.41, 5.74) is 1.17. The molecule has 3 nitrogen and oxygen atoms in total. The summed E-state index contributed by atoms with van der Waals surface area (Å²) in [6.07, 6.45) is 9.71. The van der Waals surface area contributed by atoms with Gasteiger partial charge >= 0.3 is 7.25 Å². The van der Waals surface area contributed by atoms with Crippen LogP contribution >= 0.6 is 0 Å². The van der Waals surface area contributed by atoms with Crippen LogP contribution in [0.5, 0.6) is 0 Å². The van der Waals surface area contributed by atoms with Gasteiger partial charge in [-0.3, -0.25) is 0 Å².